The molecule has 0 amide bonds. The maximum atomic E-state index is 12.5. The highest BCUT2D eigenvalue weighted by Gasteiger charge is 2.08. The molecule has 1 N–H and O–H groups in total. The van der Waals surface area contributed by atoms with Crippen LogP contribution < -0.4 is 5.46 Å². The van der Waals surface area contributed by atoms with E-state index >= 15 is 0 Å². The van der Waals surface area contributed by atoms with E-state index in [1.54, 1.807) is 12.1 Å². The third-order valence-electron chi connectivity index (χ3n) is 1.41. The predicted octanol–water partition coefficient (Wildman–Crippen LogP) is 0.742. The Balaban J connectivity index is 2.95. The minimum atomic E-state index is -0.773. The van der Waals surface area contributed by atoms with Crippen molar-refractivity contribution in [2.24, 2.45) is 0 Å². The zero-order valence-corrected chi connectivity index (χ0v) is 6.00. The lowest BCUT2D eigenvalue weighted by Crippen LogP contribution is -2.27. The normalized spacial score (nSPS) is 9.27. The van der Waals surface area contributed by atoms with Gasteiger partial charge >= 0.3 is 6.92 Å². The SMILES string of the molecule is C=CB(O)c1cccc(F)c1. The Bertz CT molecular complexity index is 262. The summed E-state index contributed by atoms with van der Waals surface area (Å²) in [5.74, 6) is 1.01. The van der Waals surface area contributed by atoms with Gasteiger partial charge in [0.1, 0.15) is 5.82 Å². The van der Waals surface area contributed by atoms with Gasteiger partial charge in [-0.1, -0.05) is 18.1 Å². The summed E-state index contributed by atoms with van der Waals surface area (Å²) in [6.45, 7) is 2.62. The minimum Gasteiger partial charge on any atom is -0.443 e. The quantitative estimate of drug-likeness (QED) is 0.616. The number of rotatable bonds is 2. The van der Waals surface area contributed by atoms with Gasteiger partial charge in [0, 0.05) is 0 Å². The van der Waals surface area contributed by atoms with Gasteiger partial charge in [-0.2, -0.15) is 0 Å². The molecule has 0 aliphatic carbocycles. The zero-order valence-electron chi connectivity index (χ0n) is 6.00. The van der Waals surface area contributed by atoms with Gasteiger partial charge in [0.05, 0.1) is 0 Å². The van der Waals surface area contributed by atoms with Crippen LogP contribution >= 0.6 is 0 Å². The van der Waals surface area contributed by atoms with Crippen molar-refractivity contribution in [3.05, 3.63) is 42.6 Å². The van der Waals surface area contributed by atoms with Crippen LogP contribution in [-0.4, -0.2) is 11.9 Å². The molecule has 0 atom stereocenters. The molecule has 1 rings (SSSR count). The standard InChI is InChI=1S/C8H8BFO/c1-2-9(11)7-4-3-5-8(10)6-7/h2-6,11H,1H2. The fourth-order valence-corrected chi connectivity index (χ4v) is 0.827. The van der Waals surface area contributed by atoms with Crippen molar-refractivity contribution < 1.29 is 9.41 Å². The van der Waals surface area contributed by atoms with E-state index in [1.807, 2.05) is 0 Å². The van der Waals surface area contributed by atoms with Crippen LogP contribution in [0.2, 0.25) is 0 Å². The molecule has 0 saturated carbocycles. The Kier molecular flexibility index (Phi) is 2.44. The average molecular weight is 150 g/mol. The first-order valence-corrected chi connectivity index (χ1v) is 3.30. The Hall–Kier alpha value is -1.09. The molecule has 0 aliphatic heterocycles. The molecule has 1 nitrogen and oxygen atoms in total. The van der Waals surface area contributed by atoms with E-state index in [9.17, 15) is 4.39 Å². The van der Waals surface area contributed by atoms with E-state index in [0.717, 1.165) is 0 Å². The third-order valence-corrected chi connectivity index (χ3v) is 1.41. The summed E-state index contributed by atoms with van der Waals surface area (Å²) in [5, 5.41) is 9.17. The highest BCUT2D eigenvalue weighted by atomic mass is 19.1. The van der Waals surface area contributed by atoms with Gasteiger partial charge in [-0.15, -0.1) is 6.58 Å². The summed E-state index contributed by atoms with van der Waals surface area (Å²) in [5.41, 5.74) is 0.528. The molecule has 3 heteroatoms. The molecule has 1 aromatic carbocycles. The first kappa shape index (κ1) is 8.02. The van der Waals surface area contributed by atoms with Crippen molar-refractivity contribution in [2.75, 3.05) is 0 Å². The second kappa shape index (κ2) is 3.35. The van der Waals surface area contributed by atoms with Crippen molar-refractivity contribution in [2.45, 2.75) is 0 Å². The van der Waals surface area contributed by atoms with E-state index in [1.165, 1.54) is 18.1 Å². The van der Waals surface area contributed by atoms with Crippen LogP contribution in [0.25, 0.3) is 0 Å². The summed E-state index contributed by atoms with van der Waals surface area (Å²) >= 11 is 0. The topological polar surface area (TPSA) is 20.2 Å². The van der Waals surface area contributed by atoms with Crippen molar-refractivity contribution in [3.63, 3.8) is 0 Å². The van der Waals surface area contributed by atoms with Gasteiger partial charge < -0.3 is 5.02 Å². The first-order chi connectivity index (χ1) is 5.24. The van der Waals surface area contributed by atoms with E-state index < -0.39 is 6.92 Å². The molecule has 0 unspecified atom stereocenters. The van der Waals surface area contributed by atoms with E-state index in [0.29, 0.717) is 5.46 Å². The minimum absolute atomic E-state index is 0.344. The summed E-state index contributed by atoms with van der Waals surface area (Å²) in [7, 11) is 0. The van der Waals surface area contributed by atoms with Crippen LogP contribution in [0.5, 0.6) is 0 Å². The van der Waals surface area contributed by atoms with Gasteiger partial charge in [-0.25, -0.2) is 4.39 Å². The molecule has 0 spiro atoms. The second-order valence-electron chi connectivity index (χ2n) is 2.24. The molecule has 0 aromatic heterocycles. The van der Waals surface area contributed by atoms with Gasteiger partial charge in [0.15, 0.2) is 0 Å². The van der Waals surface area contributed by atoms with Crippen LogP contribution in [0, 0.1) is 5.82 Å². The summed E-state index contributed by atoms with van der Waals surface area (Å²) < 4.78 is 12.5. The Morgan fingerprint density at radius 3 is 2.82 bits per heavy atom. The first-order valence-electron chi connectivity index (χ1n) is 3.30. The predicted molar refractivity (Wildman–Crippen MR) is 44.2 cm³/mol. The Labute approximate surface area is 65.3 Å². The van der Waals surface area contributed by atoms with E-state index in [4.69, 9.17) is 5.02 Å². The number of benzene rings is 1. The average Bonchev–Trinajstić information content (AvgIpc) is 2.03. The van der Waals surface area contributed by atoms with Crippen molar-refractivity contribution in [1.82, 2.24) is 0 Å². The third kappa shape index (κ3) is 1.92. The molecule has 56 valence electrons. The van der Waals surface area contributed by atoms with Crippen molar-refractivity contribution in [3.8, 4) is 0 Å². The Morgan fingerprint density at radius 1 is 1.55 bits per heavy atom. The second-order valence-corrected chi connectivity index (χ2v) is 2.24. The highest BCUT2D eigenvalue weighted by molar-refractivity contribution is 6.70. The summed E-state index contributed by atoms with van der Waals surface area (Å²) in [6.07, 6.45) is 0. The summed E-state index contributed by atoms with van der Waals surface area (Å²) in [6, 6.07) is 5.82. The molecular weight excluding hydrogens is 142 g/mol. The number of hydrogen-bond acceptors (Lipinski definition) is 1. The van der Waals surface area contributed by atoms with Gasteiger partial charge in [-0.05, 0) is 17.6 Å². The molecule has 0 aliphatic rings. The lowest BCUT2D eigenvalue weighted by atomic mass is 9.62. The van der Waals surface area contributed by atoms with Crippen LogP contribution in [0.15, 0.2) is 36.8 Å². The van der Waals surface area contributed by atoms with E-state index in [-0.39, 0.29) is 5.82 Å². The molecule has 0 heterocycles. The lowest BCUT2D eigenvalue weighted by Gasteiger charge is -1.99. The lowest BCUT2D eigenvalue weighted by molar-refractivity contribution is 0.597. The van der Waals surface area contributed by atoms with Crippen molar-refractivity contribution in [1.29, 1.82) is 0 Å². The van der Waals surface area contributed by atoms with Gasteiger partial charge in [0.25, 0.3) is 0 Å². The molecule has 0 saturated heterocycles. The number of hydrogen-bond donors (Lipinski definition) is 1. The fraction of sp³-hybridized carbons (Fsp3) is 0. The number of halogens is 1. The highest BCUT2D eigenvalue weighted by Crippen LogP contribution is 1.93. The molecule has 11 heavy (non-hydrogen) atoms. The molecule has 0 radical (unpaired) electrons. The van der Waals surface area contributed by atoms with Crippen LogP contribution in [0.3, 0.4) is 0 Å². The summed E-state index contributed by atoms with van der Waals surface area (Å²) in [4.78, 5) is 0. The van der Waals surface area contributed by atoms with Crippen molar-refractivity contribution >= 4 is 12.4 Å². The molecule has 0 fully saturated rings. The maximum absolute atomic E-state index is 12.5. The van der Waals surface area contributed by atoms with Crippen LogP contribution in [0.4, 0.5) is 4.39 Å². The van der Waals surface area contributed by atoms with Gasteiger partial charge in [0.2, 0.25) is 0 Å². The Morgan fingerprint density at radius 2 is 2.27 bits per heavy atom. The van der Waals surface area contributed by atoms with E-state index in [2.05, 4.69) is 6.58 Å². The smallest absolute Gasteiger partial charge is 0.350 e. The molecule has 0 bridgehead atoms. The largest absolute Gasteiger partial charge is 0.443 e. The molecule has 1 aromatic rings. The molecular formula is C8H8BFO. The van der Waals surface area contributed by atoms with Gasteiger partial charge in [-0.3, -0.25) is 0 Å². The zero-order chi connectivity index (χ0) is 8.27. The van der Waals surface area contributed by atoms with Crippen LogP contribution in [0.1, 0.15) is 0 Å². The fourth-order valence-electron chi connectivity index (χ4n) is 0.827. The van der Waals surface area contributed by atoms with Crippen LogP contribution in [-0.2, 0) is 0 Å². The monoisotopic (exact) mass is 150 g/mol. The maximum Gasteiger partial charge on any atom is 0.350 e.